The highest BCUT2D eigenvalue weighted by Gasteiger charge is 2.41. The van der Waals surface area contributed by atoms with Crippen LogP contribution in [-0.2, 0) is 10.2 Å². The minimum absolute atomic E-state index is 0.432. The fraction of sp³-hybridized carbons (Fsp3) is 1.00. The molecule has 19 heavy (non-hydrogen) atoms. The molecule has 3 heterocycles. The van der Waals surface area contributed by atoms with Crippen LogP contribution in [0.25, 0.3) is 0 Å². The summed E-state index contributed by atoms with van der Waals surface area (Å²) in [5.41, 5.74) is 0. The number of piperidine rings is 1. The van der Waals surface area contributed by atoms with Crippen LogP contribution < -0.4 is 5.32 Å². The zero-order chi connectivity index (χ0) is 13.3. The second-order valence-corrected chi connectivity index (χ2v) is 7.65. The summed E-state index contributed by atoms with van der Waals surface area (Å²) in [6.07, 6.45) is 3.18. The molecule has 0 bridgehead atoms. The van der Waals surface area contributed by atoms with Gasteiger partial charge in [-0.1, -0.05) is 6.42 Å². The molecular formula is C12H24N4O2S. The predicted molar refractivity (Wildman–Crippen MR) is 74.1 cm³/mol. The van der Waals surface area contributed by atoms with Gasteiger partial charge in [0.25, 0.3) is 10.2 Å². The number of hydrogen-bond acceptors (Lipinski definition) is 4. The van der Waals surface area contributed by atoms with Crippen molar-refractivity contribution >= 4 is 10.2 Å². The fourth-order valence-corrected chi connectivity index (χ4v) is 4.91. The maximum atomic E-state index is 12.4. The molecule has 0 aromatic rings. The smallest absolute Gasteiger partial charge is 0.282 e. The highest BCUT2D eigenvalue weighted by molar-refractivity contribution is 7.86. The largest absolute Gasteiger partial charge is 0.314 e. The van der Waals surface area contributed by atoms with Gasteiger partial charge < -0.3 is 5.32 Å². The van der Waals surface area contributed by atoms with Gasteiger partial charge >= 0.3 is 0 Å². The molecule has 0 spiro atoms. The molecule has 0 amide bonds. The van der Waals surface area contributed by atoms with E-state index in [4.69, 9.17) is 0 Å². The molecule has 3 fully saturated rings. The van der Waals surface area contributed by atoms with Crippen LogP contribution in [0.2, 0.25) is 0 Å². The van der Waals surface area contributed by atoms with Crippen molar-refractivity contribution in [3.05, 3.63) is 0 Å². The summed E-state index contributed by atoms with van der Waals surface area (Å²) in [5, 5.41) is 3.33. The van der Waals surface area contributed by atoms with Crippen molar-refractivity contribution in [1.29, 1.82) is 0 Å². The van der Waals surface area contributed by atoms with Crippen molar-refractivity contribution in [2.45, 2.75) is 25.3 Å². The fourth-order valence-electron chi connectivity index (χ4n) is 3.14. The minimum atomic E-state index is -3.17. The summed E-state index contributed by atoms with van der Waals surface area (Å²) >= 11 is 0. The second kappa shape index (κ2) is 5.65. The molecule has 0 aromatic heterocycles. The maximum Gasteiger partial charge on any atom is 0.282 e. The van der Waals surface area contributed by atoms with E-state index in [0.29, 0.717) is 32.2 Å². The minimum Gasteiger partial charge on any atom is -0.314 e. The lowest BCUT2D eigenvalue weighted by Gasteiger charge is -2.47. The van der Waals surface area contributed by atoms with Gasteiger partial charge in [0.05, 0.1) is 0 Å². The summed E-state index contributed by atoms with van der Waals surface area (Å²) in [6, 6.07) is 0.432. The van der Waals surface area contributed by atoms with Crippen molar-refractivity contribution in [2.24, 2.45) is 0 Å². The topological polar surface area (TPSA) is 55.9 Å². The first-order chi connectivity index (χ1) is 9.18. The molecule has 110 valence electrons. The van der Waals surface area contributed by atoms with Crippen molar-refractivity contribution in [1.82, 2.24) is 18.8 Å². The van der Waals surface area contributed by atoms with Gasteiger partial charge in [-0.2, -0.15) is 17.0 Å². The maximum absolute atomic E-state index is 12.4. The first-order valence-corrected chi connectivity index (χ1v) is 8.77. The van der Waals surface area contributed by atoms with E-state index in [2.05, 4.69) is 10.2 Å². The molecule has 0 unspecified atom stereocenters. The summed E-state index contributed by atoms with van der Waals surface area (Å²) in [4.78, 5) is 2.42. The second-order valence-electron chi connectivity index (χ2n) is 5.72. The summed E-state index contributed by atoms with van der Waals surface area (Å²) in [6.45, 7) is 6.90. The molecule has 3 aliphatic heterocycles. The van der Waals surface area contributed by atoms with E-state index in [1.807, 2.05) is 0 Å². The molecule has 0 aliphatic carbocycles. The molecule has 1 N–H and O–H groups in total. The van der Waals surface area contributed by atoms with Crippen LogP contribution >= 0.6 is 0 Å². The normalized spacial score (nSPS) is 29.3. The Bertz CT molecular complexity index is 396. The first kappa shape index (κ1) is 13.8. The van der Waals surface area contributed by atoms with Crippen LogP contribution in [0.1, 0.15) is 19.3 Å². The van der Waals surface area contributed by atoms with Crippen LogP contribution in [0.15, 0.2) is 0 Å². The molecule has 3 saturated heterocycles. The zero-order valence-electron chi connectivity index (χ0n) is 11.4. The molecule has 0 atom stereocenters. The van der Waals surface area contributed by atoms with Gasteiger partial charge in [-0.3, -0.25) is 4.90 Å². The lowest BCUT2D eigenvalue weighted by molar-refractivity contribution is 0.0725. The summed E-state index contributed by atoms with van der Waals surface area (Å²) < 4.78 is 28.2. The molecule has 6 nitrogen and oxygen atoms in total. The van der Waals surface area contributed by atoms with Gasteiger partial charge in [-0.15, -0.1) is 0 Å². The Morgan fingerprint density at radius 2 is 1.47 bits per heavy atom. The number of nitrogens with zero attached hydrogens (tertiary/aromatic N) is 3. The molecular weight excluding hydrogens is 264 g/mol. The molecule has 3 rings (SSSR count). The number of rotatable bonds is 3. The van der Waals surface area contributed by atoms with Crippen molar-refractivity contribution in [2.75, 3.05) is 52.4 Å². The lowest BCUT2D eigenvalue weighted by atomic mass is 10.1. The predicted octanol–water partition coefficient (Wildman–Crippen LogP) is -0.693. The Morgan fingerprint density at radius 1 is 0.842 bits per heavy atom. The Balaban J connectivity index is 1.54. The van der Waals surface area contributed by atoms with Crippen molar-refractivity contribution < 1.29 is 8.42 Å². The Hall–Kier alpha value is -0.210. The quantitative estimate of drug-likeness (QED) is 0.747. The third-order valence-corrected chi connectivity index (χ3v) is 6.43. The summed E-state index contributed by atoms with van der Waals surface area (Å²) in [7, 11) is -3.17. The van der Waals surface area contributed by atoms with E-state index in [1.54, 1.807) is 8.61 Å². The third kappa shape index (κ3) is 2.80. The van der Waals surface area contributed by atoms with E-state index in [0.717, 1.165) is 45.4 Å². The van der Waals surface area contributed by atoms with Gasteiger partial charge in [-0.25, -0.2) is 0 Å². The van der Waals surface area contributed by atoms with Gasteiger partial charge in [0.1, 0.15) is 0 Å². The molecule has 0 aromatic carbocycles. The monoisotopic (exact) mass is 288 g/mol. The van der Waals surface area contributed by atoms with E-state index in [1.165, 1.54) is 0 Å². The summed E-state index contributed by atoms with van der Waals surface area (Å²) in [5.74, 6) is 0. The van der Waals surface area contributed by atoms with Crippen LogP contribution in [0.4, 0.5) is 0 Å². The van der Waals surface area contributed by atoms with Gasteiger partial charge in [0.2, 0.25) is 0 Å². The first-order valence-electron chi connectivity index (χ1n) is 7.38. The Kier molecular flexibility index (Phi) is 4.09. The third-order valence-electron chi connectivity index (χ3n) is 4.46. The SMILES string of the molecule is O=S(=O)(N1CCCCC1)N1CC(N2CCNCC2)C1. The lowest BCUT2D eigenvalue weighted by Crippen LogP contribution is -2.65. The number of hydrogen-bond donors (Lipinski definition) is 1. The van der Waals surface area contributed by atoms with Gasteiger partial charge in [-0.05, 0) is 12.8 Å². The van der Waals surface area contributed by atoms with Gasteiger partial charge in [0, 0.05) is 58.4 Å². The van der Waals surface area contributed by atoms with E-state index in [-0.39, 0.29) is 0 Å². The van der Waals surface area contributed by atoms with Gasteiger partial charge in [0.15, 0.2) is 0 Å². The average molecular weight is 288 g/mol. The highest BCUT2D eigenvalue weighted by atomic mass is 32.2. The van der Waals surface area contributed by atoms with Crippen LogP contribution in [0.5, 0.6) is 0 Å². The molecule has 3 aliphatic rings. The molecule has 0 saturated carbocycles. The van der Waals surface area contributed by atoms with E-state index in [9.17, 15) is 8.42 Å². The highest BCUT2D eigenvalue weighted by Crippen LogP contribution is 2.23. The van der Waals surface area contributed by atoms with E-state index < -0.39 is 10.2 Å². The Morgan fingerprint density at radius 3 is 2.11 bits per heavy atom. The van der Waals surface area contributed by atoms with Crippen LogP contribution in [0, 0.1) is 0 Å². The van der Waals surface area contributed by atoms with Crippen molar-refractivity contribution in [3.8, 4) is 0 Å². The molecule has 7 heteroatoms. The van der Waals surface area contributed by atoms with Crippen molar-refractivity contribution in [3.63, 3.8) is 0 Å². The Labute approximate surface area is 115 Å². The van der Waals surface area contributed by atoms with Crippen LogP contribution in [0.3, 0.4) is 0 Å². The van der Waals surface area contributed by atoms with Crippen LogP contribution in [-0.4, -0.2) is 80.3 Å². The zero-order valence-corrected chi connectivity index (χ0v) is 12.2. The van der Waals surface area contributed by atoms with E-state index >= 15 is 0 Å². The number of nitrogens with one attached hydrogen (secondary N) is 1. The standard InChI is InChI=1S/C12H24N4O2S/c17-19(18,15-6-2-1-3-7-15)16-10-12(11-16)14-8-4-13-5-9-14/h12-13H,1-11H2. The number of piperazine rings is 1. The average Bonchev–Trinajstić information content (AvgIpc) is 2.39. The molecule has 0 radical (unpaired) electrons.